The number of hydrogen-bond donors (Lipinski definition) is 0. The average molecular weight is 427 g/mol. The average Bonchev–Trinajstić information content (AvgIpc) is 3.45. The van der Waals surface area contributed by atoms with Gasteiger partial charge in [-0.3, -0.25) is 4.79 Å². The van der Waals surface area contributed by atoms with Crippen LogP contribution in [-0.4, -0.2) is 59.1 Å². The molecule has 3 fully saturated rings. The molecule has 3 aliphatic rings. The highest BCUT2D eigenvalue weighted by atomic mass is 19.1. The highest BCUT2D eigenvalue weighted by Crippen LogP contribution is 2.47. The normalized spacial score (nSPS) is 22.6. The SMILES string of the molecule is CN1CCC(C(=O)N2CCC(CC3CC3)(c3noc(-c4ccc(F)cc4)n3)CC2)CC1. The summed E-state index contributed by atoms with van der Waals surface area (Å²) >= 11 is 0. The fourth-order valence-corrected chi connectivity index (χ4v) is 5.21. The summed E-state index contributed by atoms with van der Waals surface area (Å²) in [5.74, 6) is 2.13. The van der Waals surface area contributed by atoms with Gasteiger partial charge >= 0.3 is 0 Å². The van der Waals surface area contributed by atoms with Crippen LogP contribution in [0.25, 0.3) is 11.5 Å². The molecule has 7 heteroatoms. The molecular formula is C24H31FN4O2. The Kier molecular flexibility index (Phi) is 5.54. The van der Waals surface area contributed by atoms with Gasteiger partial charge in [0.1, 0.15) is 5.82 Å². The topological polar surface area (TPSA) is 62.5 Å². The number of amides is 1. The van der Waals surface area contributed by atoms with Crippen molar-refractivity contribution in [2.75, 3.05) is 33.2 Å². The Bertz CT molecular complexity index is 908. The highest BCUT2D eigenvalue weighted by Gasteiger charge is 2.45. The lowest BCUT2D eigenvalue weighted by Gasteiger charge is -2.42. The van der Waals surface area contributed by atoms with Crippen molar-refractivity contribution in [2.24, 2.45) is 11.8 Å². The molecule has 1 saturated carbocycles. The fourth-order valence-electron chi connectivity index (χ4n) is 5.21. The molecule has 6 nitrogen and oxygen atoms in total. The smallest absolute Gasteiger partial charge is 0.257 e. The van der Waals surface area contributed by atoms with E-state index in [1.807, 2.05) is 0 Å². The van der Waals surface area contributed by atoms with Crippen LogP contribution in [0.2, 0.25) is 0 Å². The minimum atomic E-state index is -0.282. The van der Waals surface area contributed by atoms with Gasteiger partial charge in [0.2, 0.25) is 5.91 Å². The Morgan fingerprint density at radius 3 is 2.42 bits per heavy atom. The third-order valence-corrected chi connectivity index (χ3v) is 7.47. The summed E-state index contributed by atoms with van der Waals surface area (Å²) in [7, 11) is 2.12. The molecule has 2 aromatic rings. The number of likely N-dealkylation sites (tertiary alicyclic amines) is 2. The Morgan fingerprint density at radius 2 is 1.77 bits per heavy atom. The molecule has 31 heavy (non-hydrogen) atoms. The standard InChI is InChI=1S/C24H31FN4O2/c1-28-12-8-19(9-13-28)22(30)29-14-10-24(11-15-29,16-17-2-3-17)23-26-21(31-27-23)18-4-6-20(25)7-5-18/h4-7,17,19H,2-3,8-16H2,1H3. The molecule has 5 rings (SSSR count). The molecule has 3 heterocycles. The lowest BCUT2D eigenvalue weighted by Crippen LogP contribution is -2.49. The van der Waals surface area contributed by atoms with Gasteiger partial charge in [0.15, 0.2) is 5.82 Å². The van der Waals surface area contributed by atoms with Crippen molar-refractivity contribution in [1.29, 1.82) is 0 Å². The first-order valence-electron chi connectivity index (χ1n) is 11.6. The van der Waals surface area contributed by atoms with Crippen molar-refractivity contribution in [3.8, 4) is 11.5 Å². The first kappa shape index (κ1) is 20.6. The summed E-state index contributed by atoms with van der Waals surface area (Å²) in [6.45, 7) is 3.53. The van der Waals surface area contributed by atoms with Crippen LogP contribution < -0.4 is 0 Å². The Balaban J connectivity index is 1.30. The van der Waals surface area contributed by atoms with Gasteiger partial charge in [-0.1, -0.05) is 18.0 Å². The molecule has 0 bridgehead atoms. The maximum atomic E-state index is 13.3. The molecule has 0 radical (unpaired) electrons. The lowest BCUT2D eigenvalue weighted by atomic mass is 9.73. The van der Waals surface area contributed by atoms with Crippen molar-refractivity contribution < 1.29 is 13.7 Å². The number of hydrogen-bond acceptors (Lipinski definition) is 5. The first-order valence-corrected chi connectivity index (χ1v) is 11.6. The minimum Gasteiger partial charge on any atom is -0.342 e. The van der Waals surface area contributed by atoms with E-state index in [1.54, 1.807) is 12.1 Å². The van der Waals surface area contributed by atoms with Gasteiger partial charge in [-0.25, -0.2) is 4.39 Å². The fraction of sp³-hybridized carbons (Fsp3) is 0.625. The van der Waals surface area contributed by atoms with Gasteiger partial charge in [-0.2, -0.15) is 4.98 Å². The molecule has 1 amide bonds. The van der Waals surface area contributed by atoms with E-state index in [9.17, 15) is 9.18 Å². The van der Waals surface area contributed by atoms with E-state index in [0.717, 1.165) is 75.6 Å². The Labute approximate surface area is 182 Å². The van der Waals surface area contributed by atoms with Crippen LogP contribution in [-0.2, 0) is 10.2 Å². The molecule has 1 aromatic heterocycles. The van der Waals surface area contributed by atoms with Gasteiger partial charge in [0.25, 0.3) is 5.89 Å². The van der Waals surface area contributed by atoms with E-state index in [1.165, 1.54) is 25.0 Å². The van der Waals surface area contributed by atoms with Gasteiger partial charge in [0.05, 0.1) is 0 Å². The third-order valence-electron chi connectivity index (χ3n) is 7.47. The van der Waals surface area contributed by atoms with E-state index in [-0.39, 0.29) is 17.2 Å². The van der Waals surface area contributed by atoms with E-state index in [4.69, 9.17) is 9.51 Å². The molecule has 0 atom stereocenters. The summed E-state index contributed by atoms with van der Waals surface area (Å²) in [5.41, 5.74) is 0.601. The number of carbonyl (C=O) groups excluding carboxylic acids is 1. The second-order valence-electron chi connectivity index (χ2n) is 9.76. The predicted molar refractivity (Wildman–Crippen MR) is 115 cm³/mol. The molecule has 2 aliphatic heterocycles. The Hall–Kier alpha value is -2.28. The molecule has 1 aromatic carbocycles. The first-order chi connectivity index (χ1) is 15.0. The van der Waals surface area contributed by atoms with Crippen LogP contribution >= 0.6 is 0 Å². The van der Waals surface area contributed by atoms with Crippen molar-refractivity contribution in [1.82, 2.24) is 19.9 Å². The number of aromatic nitrogens is 2. The van der Waals surface area contributed by atoms with Crippen molar-refractivity contribution in [3.63, 3.8) is 0 Å². The molecule has 0 unspecified atom stereocenters. The van der Waals surface area contributed by atoms with Crippen molar-refractivity contribution >= 4 is 5.91 Å². The summed E-state index contributed by atoms with van der Waals surface area (Å²) in [6, 6.07) is 6.16. The van der Waals surface area contributed by atoms with Crippen LogP contribution in [0.15, 0.2) is 28.8 Å². The molecular weight excluding hydrogens is 395 g/mol. The summed E-state index contributed by atoms with van der Waals surface area (Å²) in [4.78, 5) is 22.2. The largest absolute Gasteiger partial charge is 0.342 e. The molecule has 1 aliphatic carbocycles. The van der Waals surface area contributed by atoms with Crippen LogP contribution in [0.5, 0.6) is 0 Å². The highest BCUT2D eigenvalue weighted by molar-refractivity contribution is 5.79. The number of carbonyl (C=O) groups is 1. The second kappa shape index (κ2) is 8.34. The molecule has 0 spiro atoms. The summed E-state index contributed by atoms with van der Waals surface area (Å²) in [5, 5.41) is 4.37. The van der Waals surface area contributed by atoms with E-state index < -0.39 is 0 Å². The molecule has 2 saturated heterocycles. The number of rotatable bonds is 5. The second-order valence-corrected chi connectivity index (χ2v) is 9.76. The maximum absolute atomic E-state index is 13.3. The zero-order valence-corrected chi connectivity index (χ0v) is 18.2. The van der Waals surface area contributed by atoms with Crippen LogP contribution in [0, 0.1) is 17.7 Å². The van der Waals surface area contributed by atoms with Crippen molar-refractivity contribution in [3.05, 3.63) is 35.9 Å². The number of piperidine rings is 2. The van der Waals surface area contributed by atoms with Gasteiger partial charge in [-0.15, -0.1) is 0 Å². The van der Waals surface area contributed by atoms with E-state index >= 15 is 0 Å². The maximum Gasteiger partial charge on any atom is 0.257 e. The van der Waals surface area contributed by atoms with Crippen LogP contribution in [0.1, 0.15) is 50.8 Å². The van der Waals surface area contributed by atoms with E-state index in [0.29, 0.717) is 11.8 Å². The molecule has 0 N–H and O–H groups in total. The number of nitrogens with zero attached hydrogens (tertiary/aromatic N) is 4. The third kappa shape index (κ3) is 4.38. The van der Waals surface area contributed by atoms with Gasteiger partial charge < -0.3 is 14.3 Å². The zero-order chi connectivity index (χ0) is 21.4. The summed E-state index contributed by atoms with van der Waals surface area (Å²) < 4.78 is 18.8. The zero-order valence-electron chi connectivity index (χ0n) is 18.2. The number of benzene rings is 1. The summed E-state index contributed by atoms with van der Waals surface area (Å²) in [6.07, 6.45) is 7.28. The Morgan fingerprint density at radius 1 is 1.10 bits per heavy atom. The number of halogens is 1. The quantitative estimate of drug-likeness (QED) is 0.726. The molecule has 166 valence electrons. The van der Waals surface area contributed by atoms with Gasteiger partial charge in [-0.05, 0) is 82.4 Å². The van der Waals surface area contributed by atoms with E-state index in [2.05, 4.69) is 22.0 Å². The monoisotopic (exact) mass is 426 g/mol. The van der Waals surface area contributed by atoms with Gasteiger partial charge in [0, 0.05) is 30.0 Å². The predicted octanol–water partition coefficient (Wildman–Crippen LogP) is 3.88. The van der Waals surface area contributed by atoms with Crippen LogP contribution in [0.3, 0.4) is 0 Å². The lowest BCUT2D eigenvalue weighted by molar-refractivity contribution is -0.138. The van der Waals surface area contributed by atoms with Crippen LogP contribution in [0.4, 0.5) is 4.39 Å². The minimum absolute atomic E-state index is 0.132. The van der Waals surface area contributed by atoms with Crippen molar-refractivity contribution in [2.45, 2.75) is 50.4 Å².